The summed E-state index contributed by atoms with van der Waals surface area (Å²) >= 11 is 3.38. The minimum absolute atomic E-state index is 0.160. The Labute approximate surface area is 138 Å². The van der Waals surface area contributed by atoms with Gasteiger partial charge in [0.15, 0.2) is 11.9 Å². The van der Waals surface area contributed by atoms with E-state index in [0.29, 0.717) is 17.3 Å². The summed E-state index contributed by atoms with van der Waals surface area (Å²) < 4.78 is 11.7. The SMILES string of the molecule is CC(Oc1ccccc1Br)C(=O)Nc1cc(C(C)(C)C)on1. The van der Waals surface area contributed by atoms with Gasteiger partial charge in [-0.15, -0.1) is 0 Å². The quantitative estimate of drug-likeness (QED) is 0.882. The average Bonchev–Trinajstić information content (AvgIpc) is 2.89. The molecule has 1 unspecified atom stereocenters. The molecule has 1 aromatic carbocycles. The minimum atomic E-state index is -0.659. The Hall–Kier alpha value is -1.82. The van der Waals surface area contributed by atoms with E-state index in [1.54, 1.807) is 19.1 Å². The fraction of sp³-hybridized carbons (Fsp3) is 0.375. The van der Waals surface area contributed by atoms with Crippen LogP contribution in [-0.2, 0) is 10.2 Å². The Kier molecular flexibility index (Phi) is 4.90. The van der Waals surface area contributed by atoms with E-state index in [-0.39, 0.29) is 11.3 Å². The van der Waals surface area contributed by atoms with Crippen LogP contribution in [-0.4, -0.2) is 17.2 Å². The van der Waals surface area contributed by atoms with Crippen molar-refractivity contribution < 1.29 is 14.1 Å². The van der Waals surface area contributed by atoms with Gasteiger partial charge in [0.25, 0.3) is 5.91 Å². The first kappa shape index (κ1) is 16.5. The standard InChI is InChI=1S/C16H19BrN2O3/c1-10(21-12-8-6-5-7-11(12)17)15(20)18-14-9-13(22-19-14)16(2,3)4/h5-10H,1-4H3,(H,18,19,20). The van der Waals surface area contributed by atoms with Gasteiger partial charge >= 0.3 is 0 Å². The third-order valence-electron chi connectivity index (χ3n) is 3.01. The number of anilines is 1. The first-order chi connectivity index (χ1) is 10.3. The summed E-state index contributed by atoms with van der Waals surface area (Å²) in [6, 6.07) is 9.10. The van der Waals surface area contributed by atoms with Crippen LogP contribution in [0, 0.1) is 0 Å². The maximum Gasteiger partial charge on any atom is 0.266 e. The number of hydrogen-bond acceptors (Lipinski definition) is 4. The number of halogens is 1. The predicted octanol–water partition coefficient (Wildman–Crippen LogP) is 4.14. The number of nitrogens with zero attached hydrogens (tertiary/aromatic N) is 1. The molecular weight excluding hydrogens is 348 g/mol. The number of carbonyl (C=O) groups excluding carboxylic acids is 1. The van der Waals surface area contributed by atoms with Gasteiger partial charge in [-0.1, -0.05) is 38.1 Å². The van der Waals surface area contributed by atoms with Crippen LogP contribution in [0.15, 0.2) is 39.3 Å². The molecule has 0 spiro atoms. The van der Waals surface area contributed by atoms with Crippen LogP contribution in [0.2, 0.25) is 0 Å². The molecule has 118 valence electrons. The summed E-state index contributed by atoms with van der Waals surface area (Å²) in [7, 11) is 0. The van der Waals surface area contributed by atoms with Gasteiger partial charge in [0.1, 0.15) is 11.5 Å². The molecule has 22 heavy (non-hydrogen) atoms. The van der Waals surface area contributed by atoms with Gasteiger partial charge in [-0.25, -0.2) is 0 Å². The van der Waals surface area contributed by atoms with Crippen molar-refractivity contribution >= 4 is 27.7 Å². The molecule has 1 heterocycles. The van der Waals surface area contributed by atoms with Crippen LogP contribution in [0.1, 0.15) is 33.5 Å². The summed E-state index contributed by atoms with van der Waals surface area (Å²) in [6.07, 6.45) is -0.659. The van der Waals surface area contributed by atoms with E-state index in [9.17, 15) is 4.79 Å². The lowest BCUT2D eigenvalue weighted by Crippen LogP contribution is -2.30. The second kappa shape index (κ2) is 6.52. The molecule has 6 heteroatoms. The van der Waals surface area contributed by atoms with Gasteiger partial charge in [0, 0.05) is 11.5 Å². The molecule has 0 aliphatic heterocycles. The average molecular weight is 367 g/mol. The van der Waals surface area contributed by atoms with Crippen molar-refractivity contribution in [1.29, 1.82) is 0 Å². The summed E-state index contributed by atoms with van der Waals surface area (Å²) in [5.41, 5.74) is -0.160. The fourth-order valence-electron chi connectivity index (χ4n) is 1.70. The lowest BCUT2D eigenvalue weighted by atomic mass is 9.93. The van der Waals surface area contributed by atoms with Crippen molar-refractivity contribution in [3.8, 4) is 5.75 Å². The topological polar surface area (TPSA) is 64.4 Å². The number of carbonyl (C=O) groups is 1. The van der Waals surface area contributed by atoms with Crippen LogP contribution >= 0.6 is 15.9 Å². The Morgan fingerprint density at radius 3 is 2.64 bits per heavy atom. The molecule has 2 rings (SSSR count). The molecule has 5 nitrogen and oxygen atoms in total. The molecule has 0 aliphatic carbocycles. The minimum Gasteiger partial charge on any atom is -0.480 e. The van der Waals surface area contributed by atoms with Crippen molar-refractivity contribution in [2.45, 2.75) is 39.2 Å². The van der Waals surface area contributed by atoms with Crippen LogP contribution < -0.4 is 10.1 Å². The van der Waals surface area contributed by atoms with E-state index in [1.807, 2.05) is 39.0 Å². The number of amides is 1. The van der Waals surface area contributed by atoms with Gasteiger partial charge < -0.3 is 14.6 Å². The number of aromatic nitrogens is 1. The Bertz CT molecular complexity index is 661. The molecule has 0 aliphatic rings. The van der Waals surface area contributed by atoms with E-state index in [4.69, 9.17) is 9.26 Å². The van der Waals surface area contributed by atoms with Crippen molar-refractivity contribution in [3.63, 3.8) is 0 Å². The lowest BCUT2D eigenvalue weighted by molar-refractivity contribution is -0.122. The third kappa shape index (κ3) is 4.10. The molecule has 0 saturated carbocycles. The summed E-state index contributed by atoms with van der Waals surface area (Å²) in [5.74, 6) is 1.42. The van der Waals surface area contributed by atoms with E-state index in [2.05, 4.69) is 26.4 Å². The molecule has 0 saturated heterocycles. The number of nitrogens with one attached hydrogen (secondary N) is 1. The van der Waals surface area contributed by atoms with Gasteiger partial charge in [-0.05, 0) is 35.0 Å². The predicted molar refractivity (Wildman–Crippen MR) is 88.1 cm³/mol. The number of ether oxygens (including phenoxy) is 1. The second-order valence-electron chi connectivity index (χ2n) is 6.01. The Morgan fingerprint density at radius 2 is 2.05 bits per heavy atom. The maximum atomic E-state index is 12.2. The molecule has 1 atom stereocenters. The zero-order valence-electron chi connectivity index (χ0n) is 13.0. The molecular formula is C16H19BrN2O3. The molecule has 1 amide bonds. The van der Waals surface area contributed by atoms with Crippen molar-refractivity contribution in [2.24, 2.45) is 0 Å². The van der Waals surface area contributed by atoms with Crippen molar-refractivity contribution in [3.05, 3.63) is 40.6 Å². The van der Waals surface area contributed by atoms with Crippen LogP contribution in [0.25, 0.3) is 0 Å². The fourth-order valence-corrected chi connectivity index (χ4v) is 2.08. The third-order valence-corrected chi connectivity index (χ3v) is 3.67. The van der Waals surface area contributed by atoms with Gasteiger partial charge in [0.05, 0.1) is 4.47 Å². The van der Waals surface area contributed by atoms with Gasteiger partial charge in [-0.3, -0.25) is 4.79 Å². The largest absolute Gasteiger partial charge is 0.480 e. The highest BCUT2D eigenvalue weighted by atomic mass is 79.9. The number of benzene rings is 1. The summed E-state index contributed by atoms with van der Waals surface area (Å²) in [6.45, 7) is 7.72. The normalized spacial score (nSPS) is 12.8. The number of para-hydroxylation sites is 1. The molecule has 0 radical (unpaired) electrons. The number of hydrogen-bond donors (Lipinski definition) is 1. The Morgan fingerprint density at radius 1 is 1.36 bits per heavy atom. The molecule has 1 N–H and O–H groups in total. The highest BCUT2D eigenvalue weighted by Gasteiger charge is 2.22. The first-order valence-corrected chi connectivity index (χ1v) is 7.76. The van der Waals surface area contributed by atoms with E-state index in [1.165, 1.54) is 0 Å². The Balaban J connectivity index is 2.00. The van der Waals surface area contributed by atoms with E-state index < -0.39 is 6.10 Å². The summed E-state index contributed by atoms with van der Waals surface area (Å²) in [4.78, 5) is 12.2. The van der Waals surface area contributed by atoms with Crippen molar-refractivity contribution in [1.82, 2.24) is 5.16 Å². The molecule has 1 aromatic heterocycles. The highest BCUT2D eigenvalue weighted by Crippen LogP contribution is 2.26. The molecule has 0 bridgehead atoms. The lowest BCUT2D eigenvalue weighted by Gasteiger charge is -2.14. The number of rotatable bonds is 4. The van der Waals surface area contributed by atoms with Crippen LogP contribution in [0.3, 0.4) is 0 Å². The smallest absolute Gasteiger partial charge is 0.266 e. The molecule has 2 aromatic rings. The summed E-state index contributed by atoms with van der Waals surface area (Å²) in [5, 5.41) is 6.55. The van der Waals surface area contributed by atoms with E-state index in [0.717, 1.165) is 4.47 Å². The van der Waals surface area contributed by atoms with Crippen molar-refractivity contribution in [2.75, 3.05) is 5.32 Å². The first-order valence-electron chi connectivity index (χ1n) is 6.96. The zero-order chi connectivity index (χ0) is 16.3. The van der Waals surface area contributed by atoms with Crippen LogP contribution in [0.4, 0.5) is 5.82 Å². The maximum absolute atomic E-state index is 12.2. The monoisotopic (exact) mass is 366 g/mol. The van der Waals surface area contributed by atoms with Crippen LogP contribution in [0.5, 0.6) is 5.75 Å². The zero-order valence-corrected chi connectivity index (χ0v) is 14.6. The molecule has 0 fully saturated rings. The second-order valence-corrected chi connectivity index (χ2v) is 6.86. The van der Waals surface area contributed by atoms with Gasteiger partial charge in [0.2, 0.25) is 0 Å². The highest BCUT2D eigenvalue weighted by molar-refractivity contribution is 9.10. The van der Waals surface area contributed by atoms with E-state index >= 15 is 0 Å². The van der Waals surface area contributed by atoms with Gasteiger partial charge in [-0.2, -0.15) is 0 Å².